The highest BCUT2D eigenvalue weighted by Gasteiger charge is 2.18. The second-order valence-electron chi connectivity index (χ2n) is 4.90. The fraction of sp³-hybridized carbons (Fsp3) is 0.133. The predicted octanol–water partition coefficient (Wildman–Crippen LogP) is 2.32. The van der Waals surface area contributed by atoms with Gasteiger partial charge in [0, 0.05) is 11.4 Å². The van der Waals surface area contributed by atoms with Gasteiger partial charge in [0.25, 0.3) is 0 Å². The number of hydrogen-bond donors (Lipinski definition) is 2. The standard InChI is InChI=1S/C15H14N4O2/c1-8-7-12(15(20)21)13-9(2)18-19(14(13)17-8)11-5-3-10(16)4-6-11/h3-7H,16H2,1-2H3,(H,20,21). The molecule has 1 aromatic carbocycles. The van der Waals surface area contributed by atoms with Gasteiger partial charge >= 0.3 is 5.97 Å². The molecule has 3 rings (SSSR count). The number of nitrogens with two attached hydrogens (primary N) is 1. The second-order valence-corrected chi connectivity index (χ2v) is 4.90. The van der Waals surface area contributed by atoms with E-state index >= 15 is 0 Å². The first kappa shape index (κ1) is 13.1. The molecular weight excluding hydrogens is 268 g/mol. The number of carboxylic acids is 1. The average molecular weight is 282 g/mol. The van der Waals surface area contributed by atoms with Gasteiger partial charge < -0.3 is 10.8 Å². The van der Waals surface area contributed by atoms with Gasteiger partial charge in [-0.2, -0.15) is 5.10 Å². The number of hydrogen-bond acceptors (Lipinski definition) is 4. The van der Waals surface area contributed by atoms with Crippen molar-refractivity contribution in [2.24, 2.45) is 0 Å². The highest BCUT2D eigenvalue weighted by molar-refractivity contribution is 6.03. The minimum atomic E-state index is -0.981. The van der Waals surface area contributed by atoms with E-state index in [0.29, 0.717) is 28.1 Å². The molecule has 0 atom stereocenters. The Bertz CT molecular complexity index is 850. The van der Waals surface area contributed by atoms with Crippen molar-refractivity contribution in [1.82, 2.24) is 14.8 Å². The van der Waals surface area contributed by atoms with Gasteiger partial charge in [-0.25, -0.2) is 14.5 Å². The van der Waals surface area contributed by atoms with Crippen molar-refractivity contribution in [3.8, 4) is 5.69 Å². The van der Waals surface area contributed by atoms with Crippen LogP contribution in [0, 0.1) is 13.8 Å². The van der Waals surface area contributed by atoms with Crippen LogP contribution in [-0.2, 0) is 0 Å². The first-order valence-corrected chi connectivity index (χ1v) is 6.43. The summed E-state index contributed by atoms with van der Waals surface area (Å²) in [5, 5.41) is 14.4. The van der Waals surface area contributed by atoms with Crippen LogP contribution in [0.3, 0.4) is 0 Å². The summed E-state index contributed by atoms with van der Waals surface area (Å²) in [6, 6.07) is 8.75. The summed E-state index contributed by atoms with van der Waals surface area (Å²) in [5.74, 6) is -0.981. The van der Waals surface area contributed by atoms with Crippen molar-refractivity contribution in [2.45, 2.75) is 13.8 Å². The molecule has 0 aliphatic carbocycles. The minimum absolute atomic E-state index is 0.219. The molecule has 2 heterocycles. The fourth-order valence-corrected chi connectivity index (χ4v) is 2.38. The fourth-order valence-electron chi connectivity index (χ4n) is 2.38. The van der Waals surface area contributed by atoms with E-state index in [1.807, 2.05) is 12.1 Å². The monoisotopic (exact) mass is 282 g/mol. The molecule has 0 aliphatic rings. The van der Waals surface area contributed by atoms with Crippen molar-refractivity contribution in [3.05, 3.63) is 47.3 Å². The van der Waals surface area contributed by atoms with E-state index in [4.69, 9.17) is 5.73 Å². The van der Waals surface area contributed by atoms with Crippen LogP contribution in [0.25, 0.3) is 16.7 Å². The summed E-state index contributed by atoms with van der Waals surface area (Å²) in [5.41, 5.74) is 9.15. The van der Waals surface area contributed by atoms with Gasteiger partial charge in [-0.3, -0.25) is 0 Å². The lowest BCUT2D eigenvalue weighted by Crippen LogP contribution is -2.02. The summed E-state index contributed by atoms with van der Waals surface area (Å²) in [6.07, 6.45) is 0. The van der Waals surface area contributed by atoms with Crippen LogP contribution < -0.4 is 5.73 Å². The smallest absolute Gasteiger partial charge is 0.336 e. The first-order chi connectivity index (χ1) is 9.97. The Kier molecular flexibility index (Phi) is 2.86. The Morgan fingerprint density at radius 3 is 2.52 bits per heavy atom. The SMILES string of the molecule is Cc1cc(C(=O)O)c2c(C)nn(-c3ccc(N)cc3)c2n1. The molecule has 0 unspecified atom stereocenters. The lowest BCUT2D eigenvalue weighted by atomic mass is 10.1. The number of benzene rings is 1. The van der Waals surface area contributed by atoms with Gasteiger partial charge in [-0.15, -0.1) is 0 Å². The van der Waals surface area contributed by atoms with Crippen LogP contribution in [0.1, 0.15) is 21.7 Å². The molecule has 0 bridgehead atoms. The molecular formula is C15H14N4O2. The molecule has 0 aliphatic heterocycles. The number of aromatic nitrogens is 3. The molecule has 2 aromatic heterocycles. The average Bonchev–Trinajstić information content (AvgIpc) is 2.76. The molecule has 6 nitrogen and oxygen atoms in total. The van der Waals surface area contributed by atoms with Crippen LogP contribution in [0.15, 0.2) is 30.3 Å². The van der Waals surface area contributed by atoms with Gasteiger partial charge in [-0.1, -0.05) is 0 Å². The third-order valence-electron chi connectivity index (χ3n) is 3.31. The maximum atomic E-state index is 11.4. The molecule has 0 fully saturated rings. The van der Waals surface area contributed by atoms with E-state index in [9.17, 15) is 9.90 Å². The van der Waals surface area contributed by atoms with Crippen molar-refractivity contribution < 1.29 is 9.90 Å². The maximum Gasteiger partial charge on any atom is 0.336 e. The number of pyridine rings is 1. The summed E-state index contributed by atoms with van der Waals surface area (Å²) in [6.45, 7) is 3.54. The Morgan fingerprint density at radius 1 is 1.24 bits per heavy atom. The van der Waals surface area contributed by atoms with E-state index in [2.05, 4.69) is 10.1 Å². The zero-order valence-corrected chi connectivity index (χ0v) is 11.7. The summed E-state index contributed by atoms with van der Waals surface area (Å²) in [4.78, 5) is 15.9. The Hall–Kier alpha value is -2.89. The molecule has 0 radical (unpaired) electrons. The van der Waals surface area contributed by atoms with E-state index < -0.39 is 5.97 Å². The molecule has 0 saturated carbocycles. The third-order valence-corrected chi connectivity index (χ3v) is 3.31. The Morgan fingerprint density at radius 2 is 1.90 bits per heavy atom. The minimum Gasteiger partial charge on any atom is -0.478 e. The molecule has 3 aromatic rings. The van der Waals surface area contributed by atoms with Crippen molar-refractivity contribution in [1.29, 1.82) is 0 Å². The van der Waals surface area contributed by atoms with Gasteiger partial charge in [0.1, 0.15) is 0 Å². The number of nitrogens with zero attached hydrogens (tertiary/aromatic N) is 3. The van der Waals surface area contributed by atoms with Crippen LogP contribution in [0.5, 0.6) is 0 Å². The van der Waals surface area contributed by atoms with Crippen LogP contribution in [-0.4, -0.2) is 25.8 Å². The predicted molar refractivity (Wildman–Crippen MR) is 79.7 cm³/mol. The summed E-state index contributed by atoms with van der Waals surface area (Å²) < 4.78 is 1.64. The van der Waals surface area contributed by atoms with Crippen molar-refractivity contribution in [2.75, 3.05) is 5.73 Å². The lowest BCUT2D eigenvalue weighted by molar-refractivity contribution is 0.0698. The molecule has 3 N–H and O–H groups in total. The number of anilines is 1. The zero-order valence-electron chi connectivity index (χ0n) is 11.7. The molecule has 0 spiro atoms. The number of rotatable bonds is 2. The number of carbonyl (C=O) groups is 1. The molecule has 106 valence electrons. The topological polar surface area (TPSA) is 94.0 Å². The normalized spacial score (nSPS) is 11.0. The van der Waals surface area contributed by atoms with Gasteiger partial charge in [0.15, 0.2) is 5.65 Å². The first-order valence-electron chi connectivity index (χ1n) is 6.43. The maximum absolute atomic E-state index is 11.4. The quantitative estimate of drug-likeness (QED) is 0.703. The number of nitrogen functional groups attached to an aromatic ring is 1. The molecule has 21 heavy (non-hydrogen) atoms. The Labute approximate surface area is 120 Å². The number of aryl methyl sites for hydroxylation is 2. The number of fused-ring (bicyclic) bond motifs is 1. The van der Waals surface area contributed by atoms with Gasteiger partial charge in [-0.05, 0) is 44.2 Å². The summed E-state index contributed by atoms with van der Waals surface area (Å²) in [7, 11) is 0. The van der Waals surface area contributed by atoms with Crippen molar-refractivity contribution in [3.63, 3.8) is 0 Å². The largest absolute Gasteiger partial charge is 0.478 e. The molecule has 0 saturated heterocycles. The van der Waals surface area contributed by atoms with E-state index in [1.54, 1.807) is 36.7 Å². The van der Waals surface area contributed by atoms with Crippen molar-refractivity contribution >= 4 is 22.7 Å². The van der Waals surface area contributed by atoms with Crippen LogP contribution in [0.4, 0.5) is 5.69 Å². The summed E-state index contributed by atoms with van der Waals surface area (Å²) >= 11 is 0. The highest BCUT2D eigenvalue weighted by atomic mass is 16.4. The van der Waals surface area contributed by atoms with Gasteiger partial charge in [0.05, 0.1) is 22.3 Å². The van der Waals surface area contributed by atoms with E-state index in [1.165, 1.54) is 0 Å². The molecule has 0 amide bonds. The Balaban J connectivity index is 2.35. The lowest BCUT2D eigenvalue weighted by Gasteiger charge is -2.05. The van der Waals surface area contributed by atoms with E-state index in [0.717, 1.165) is 5.69 Å². The van der Waals surface area contributed by atoms with E-state index in [-0.39, 0.29) is 5.56 Å². The second kappa shape index (κ2) is 4.59. The zero-order chi connectivity index (χ0) is 15.1. The number of carboxylic acid groups (broad SMARTS) is 1. The van der Waals surface area contributed by atoms with Crippen LogP contribution in [0.2, 0.25) is 0 Å². The molecule has 6 heteroatoms. The highest BCUT2D eigenvalue weighted by Crippen LogP contribution is 2.25. The third kappa shape index (κ3) is 2.10. The van der Waals surface area contributed by atoms with Gasteiger partial charge in [0.2, 0.25) is 0 Å². The van der Waals surface area contributed by atoms with Crippen LogP contribution >= 0.6 is 0 Å². The number of aromatic carboxylic acids is 1.